The Morgan fingerprint density at radius 3 is 2.33 bits per heavy atom. The average Bonchev–Trinajstić information content (AvgIpc) is 2.58. The molecule has 0 saturated carbocycles. The Labute approximate surface area is 140 Å². The Balaban J connectivity index is 1.82. The van der Waals surface area contributed by atoms with Crippen LogP contribution in [0.25, 0.3) is 0 Å². The molecular formula is C16H13F3N2O2S. The lowest BCUT2D eigenvalue weighted by Crippen LogP contribution is -2.42. The topological polar surface area (TPSA) is 58.2 Å². The van der Waals surface area contributed by atoms with Crippen molar-refractivity contribution in [1.29, 1.82) is 0 Å². The van der Waals surface area contributed by atoms with E-state index < -0.39 is 23.6 Å². The number of alkyl halides is 3. The standard InChI is InChI=1S/C16H13F3N2O2S/c17-16(18,19)12-7-4-8-13(9-12)24-10-14(22)20-21-15(23)11-5-2-1-3-6-11/h1-9H,10H2,(H,20,22)(H,21,23). The molecule has 0 unspecified atom stereocenters. The molecule has 126 valence electrons. The van der Waals surface area contributed by atoms with Crippen LogP contribution in [0.1, 0.15) is 15.9 Å². The predicted molar refractivity (Wildman–Crippen MR) is 84.2 cm³/mol. The predicted octanol–water partition coefficient (Wildman–Crippen LogP) is 3.26. The third-order valence-electron chi connectivity index (χ3n) is 2.88. The number of hydrogen-bond donors (Lipinski definition) is 2. The van der Waals surface area contributed by atoms with Crippen molar-refractivity contribution >= 4 is 23.6 Å². The van der Waals surface area contributed by atoms with Gasteiger partial charge in [-0.1, -0.05) is 24.3 Å². The third-order valence-corrected chi connectivity index (χ3v) is 3.88. The zero-order valence-corrected chi connectivity index (χ0v) is 13.1. The van der Waals surface area contributed by atoms with Gasteiger partial charge in [0.05, 0.1) is 11.3 Å². The van der Waals surface area contributed by atoms with Gasteiger partial charge in [-0.15, -0.1) is 11.8 Å². The number of thioether (sulfide) groups is 1. The molecule has 0 bridgehead atoms. The van der Waals surface area contributed by atoms with Gasteiger partial charge >= 0.3 is 6.18 Å². The minimum Gasteiger partial charge on any atom is -0.272 e. The van der Waals surface area contributed by atoms with Gasteiger partial charge in [-0.2, -0.15) is 13.2 Å². The molecule has 2 amide bonds. The highest BCUT2D eigenvalue weighted by atomic mass is 32.2. The molecule has 2 N–H and O–H groups in total. The fourth-order valence-corrected chi connectivity index (χ4v) is 2.49. The fourth-order valence-electron chi connectivity index (χ4n) is 1.74. The zero-order valence-electron chi connectivity index (χ0n) is 12.3. The van der Waals surface area contributed by atoms with E-state index in [2.05, 4.69) is 10.9 Å². The number of hydrogen-bond acceptors (Lipinski definition) is 3. The van der Waals surface area contributed by atoms with Gasteiger partial charge in [-0.3, -0.25) is 20.4 Å². The van der Waals surface area contributed by atoms with E-state index in [4.69, 9.17) is 0 Å². The molecule has 0 aliphatic carbocycles. The molecule has 2 aromatic rings. The molecule has 0 aliphatic heterocycles. The summed E-state index contributed by atoms with van der Waals surface area (Å²) in [5.74, 6) is -1.13. The first-order valence-corrected chi connectivity index (χ1v) is 7.79. The first-order valence-electron chi connectivity index (χ1n) is 6.80. The lowest BCUT2D eigenvalue weighted by atomic mass is 10.2. The number of halogens is 3. The van der Waals surface area contributed by atoms with Crippen LogP contribution in [0.5, 0.6) is 0 Å². The summed E-state index contributed by atoms with van der Waals surface area (Å²) in [4.78, 5) is 23.7. The lowest BCUT2D eigenvalue weighted by Gasteiger charge is -2.09. The Morgan fingerprint density at radius 2 is 1.67 bits per heavy atom. The van der Waals surface area contributed by atoms with E-state index in [1.165, 1.54) is 12.1 Å². The summed E-state index contributed by atoms with van der Waals surface area (Å²) in [5.41, 5.74) is 4.06. The molecule has 0 heterocycles. The summed E-state index contributed by atoms with van der Waals surface area (Å²) in [7, 11) is 0. The normalized spacial score (nSPS) is 11.0. The number of benzene rings is 2. The molecule has 24 heavy (non-hydrogen) atoms. The molecule has 8 heteroatoms. The molecule has 4 nitrogen and oxygen atoms in total. The minimum absolute atomic E-state index is 0.129. The van der Waals surface area contributed by atoms with Crippen molar-refractivity contribution in [2.24, 2.45) is 0 Å². The Morgan fingerprint density at radius 1 is 0.958 bits per heavy atom. The van der Waals surface area contributed by atoms with Crippen LogP contribution in [-0.2, 0) is 11.0 Å². The van der Waals surface area contributed by atoms with E-state index in [0.29, 0.717) is 10.5 Å². The van der Waals surface area contributed by atoms with Gasteiger partial charge < -0.3 is 0 Å². The highest BCUT2D eigenvalue weighted by Crippen LogP contribution is 2.31. The second kappa shape index (κ2) is 7.87. The van der Waals surface area contributed by atoms with E-state index in [0.717, 1.165) is 23.9 Å². The van der Waals surface area contributed by atoms with Crippen LogP contribution in [0.15, 0.2) is 59.5 Å². The molecule has 0 aromatic heterocycles. The molecule has 0 fully saturated rings. The van der Waals surface area contributed by atoms with Gasteiger partial charge in [-0.05, 0) is 30.3 Å². The number of amides is 2. The first-order chi connectivity index (χ1) is 11.4. The van der Waals surface area contributed by atoms with Crippen LogP contribution in [0, 0.1) is 0 Å². The molecule has 0 saturated heterocycles. The highest BCUT2D eigenvalue weighted by molar-refractivity contribution is 8.00. The monoisotopic (exact) mass is 354 g/mol. The molecule has 0 spiro atoms. The van der Waals surface area contributed by atoms with Crippen molar-refractivity contribution in [3.05, 3.63) is 65.7 Å². The van der Waals surface area contributed by atoms with Crippen molar-refractivity contribution in [3.8, 4) is 0 Å². The van der Waals surface area contributed by atoms with Crippen LogP contribution in [0.2, 0.25) is 0 Å². The summed E-state index contributed by atoms with van der Waals surface area (Å²) < 4.78 is 37.8. The van der Waals surface area contributed by atoms with Gasteiger partial charge in [0.25, 0.3) is 5.91 Å². The summed E-state index contributed by atoms with van der Waals surface area (Å²) in [5, 5.41) is 0. The highest BCUT2D eigenvalue weighted by Gasteiger charge is 2.30. The van der Waals surface area contributed by atoms with Gasteiger partial charge in [-0.25, -0.2) is 0 Å². The number of carbonyl (C=O) groups excluding carboxylic acids is 2. The molecule has 0 radical (unpaired) electrons. The van der Waals surface area contributed by atoms with E-state index in [-0.39, 0.29) is 5.75 Å². The van der Waals surface area contributed by atoms with Gasteiger partial charge in [0.1, 0.15) is 0 Å². The van der Waals surface area contributed by atoms with Crippen molar-refractivity contribution in [1.82, 2.24) is 10.9 Å². The summed E-state index contributed by atoms with van der Waals surface area (Å²) in [6.07, 6.45) is -4.43. The average molecular weight is 354 g/mol. The maximum Gasteiger partial charge on any atom is 0.416 e. The number of rotatable bonds is 4. The van der Waals surface area contributed by atoms with Crippen molar-refractivity contribution in [2.45, 2.75) is 11.1 Å². The quantitative estimate of drug-likeness (QED) is 0.655. The van der Waals surface area contributed by atoms with Crippen molar-refractivity contribution in [2.75, 3.05) is 5.75 Å². The zero-order chi connectivity index (χ0) is 17.6. The van der Waals surface area contributed by atoms with Crippen LogP contribution < -0.4 is 10.9 Å². The number of nitrogens with one attached hydrogen (secondary N) is 2. The second-order valence-corrected chi connectivity index (χ2v) is 5.73. The fraction of sp³-hybridized carbons (Fsp3) is 0.125. The molecule has 0 atom stereocenters. The summed E-state index contributed by atoms with van der Waals surface area (Å²) >= 11 is 0.943. The van der Waals surface area contributed by atoms with E-state index in [1.54, 1.807) is 30.3 Å². The van der Waals surface area contributed by atoms with Crippen LogP contribution in [0.3, 0.4) is 0 Å². The first kappa shape index (κ1) is 17.9. The molecule has 2 rings (SSSR count). The maximum absolute atomic E-state index is 12.6. The van der Waals surface area contributed by atoms with Crippen molar-refractivity contribution < 1.29 is 22.8 Å². The molecule has 0 aliphatic rings. The largest absolute Gasteiger partial charge is 0.416 e. The smallest absolute Gasteiger partial charge is 0.272 e. The Kier molecular flexibility index (Phi) is 5.86. The van der Waals surface area contributed by atoms with E-state index in [1.807, 2.05) is 0 Å². The Bertz CT molecular complexity index is 721. The van der Waals surface area contributed by atoms with Crippen LogP contribution >= 0.6 is 11.8 Å². The number of carbonyl (C=O) groups is 2. The number of hydrazine groups is 1. The maximum atomic E-state index is 12.6. The molecule has 2 aromatic carbocycles. The third kappa shape index (κ3) is 5.31. The van der Waals surface area contributed by atoms with E-state index >= 15 is 0 Å². The van der Waals surface area contributed by atoms with Crippen LogP contribution in [-0.4, -0.2) is 17.6 Å². The molecular weight excluding hydrogens is 341 g/mol. The lowest BCUT2D eigenvalue weighted by molar-refractivity contribution is -0.137. The van der Waals surface area contributed by atoms with E-state index in [9.17, 15) is 22.8 Å². The SMILES string of the molecule is O=C(CSc1cccc(C(F)(F)F)c1)NNC(=O)c1ccccc1. The van der Waals surface area contributed by atoms with Gasteiger partial charge in [0.2, 0.25) is 5.91 Å². The second-order valence-electron chi connectivity index (χ2n) is 4.68. The Hall–Kier alpha value is -2.48. The minimum atomic E-state index is -4.43. The van der Waals surface area contributed by atoms with Gasteiger partial charge in [0, 0.05) is 10.5 Å². The summed E-state index contributed by atoms with van der Waals surface area (Å²) in [6, 6.07) is 13.0. The summed E-state index contributed by atoms with van der Waals surface area (Å²) in [6.45, 7) is 0. The van der Waals surface area contributed by atoms with Gasteiger partial charge in [0.15, 0.2) is 0 Å². The van der Waals surface area contributed by atoms with Crippen LogP contribution in [0.4, 0.5) is 13.2 Å². The van der Waals surface area contributed by atoms with Crippen molar-refractivity contribution in [3.63, 3.8) is 0 Å².